The van der Waals surface area contributed by atoms with E-state index in [4.69, 9.17) is 5.73 Å². The number of ether oxygens (including phenoxy) is 1. The first-order chi connectivity index (χ1) is 9.19. The lowest BCUT2D eigenvalue weighted by atomic mass is 9.92. The normalized spacial score (nSPS) is 23.1. The van der Waals surface area contributed by atoms with Crippen LogP contribution < -0.4 is 11.1 Å². The Bertz CT molecular complexity index is 409. The number of hydrogen-bond donors (Lipinski definition) is 2. The molecule has 0 amide bonds. The lowest BCUT2D eigenvalue weighted by Crippen LogP contribution is -2.37. The van der Waals surface area contributed by atoms with Gasteiger partial charge < -0.3 is 15.8 Å². The Balaban J connectivity index is 1.81. The van der Waals surface area contributed by atoms with Gasteiger partial charge in [0, 0.05) is 18.6 Å². The highest BCUT2D eigenvalue weighted by Gasteiger charge is 2.17. The molecule has 1 saturated carbocycles. The summed E-state index contributed by atoms with van der Waals surface area (Å²) in [6.07, 6.45) is 4.53. The molecule has 1 aliphatic carbocycles. The standard InChI is InChI=1S/C15H22N2O2/c1-19-15(18)12-4-2-11(3-5-12)10-17-14-8-6-13(16)7-9-14/h2-5,13-14,17H,6-10,16H2,1H3. The Hall–Kier alpha value is -1.39. The zero-order valence-electron chi connectivity index (χ0n) is 11.4. The summed E-state index contributed by atoms with van der Waals surface area (Å²) in [6.45, 7) is 0.835. The largest absolute Gasteiger partial charge is 0.465 e. The fraction of sp³-hybridized carbons (Fsp3) is 0.533. The zero-order chi connectivity index (χ0) is 13.7. The highest BCUT2D eigenvalue weighted by Crippen LogP contribution is 2.17. The monoisotopic (exact) mass is 262 g/mol. The second-order valence-corrected chi connectivity index (χ2v) is 5.18. The van der Waals surface area contributed by atoms with Crippen LogP contribution in [0.3, 0.4) is 0 Å². The second kappa shape index (κ2) is 6.68. The summed E-state index contributed by atoms with van der Waals surface area (Å²) in [6, 6.07) is 8.50. The summed E-state index contributed by atoms with van der Waals surface area (Å²) < 4.78 is 4.67. The first-order valence-electron chi connectivity index (χ1n) is 6.85. The van der Waals surface area contributed by atoms with Crippen molar-refractivity contribution in [3.8, 4) is 0 Å². The molecule has 4 heteroatoms. The average molecular weight is 262 g/mol. The number of hydrogen-bond acceptors (Lipinski definition) is 4. The molecule has 0 saturated heterocycles. The first-order valence-corrected chi connectivity index (χ1v) is 6.85. The van der Waals surface area contributed by atoms with Crippen LogP contribution in [0, 0.1) is 0 Å². The van der Waals surface area contributed by atoms with Crippen LogP contribution in [0.1, 0.15) is 41.6 Å². The summed E-state index contributed by atoms with van der Waals surface area (Å²) in [5.41, 5.74) is 7.67. The Kier molecular flexibility index (Phi) is 4.93. The minimum atomic E-state index is -0.291. The molecular weight excluding hydrogens is 240 g/mol. The van der Waals surface area contributed by atoms with Gasteiger partial charge in [-0.15, -0.1) is 0 Å². The quantitative estimate of drug-likeness (QED) is 0.813. The van der Waals surface area contributed by atoms with Crippen LogP contribution in [0.15, 0.2) is 24.3 Å². The van der Waals surface area contributed by atoms with Crippen molar-refractivity contribution in [3.63, 3.8) is 0 Å². The number of rotatable bonds is 4. The van der Waals surface area contributed by atoms with E-state index in [0.717, 1.165) is 32.2 Å². The predicted molar refractivity (Wildman–Crippen MR) is 74.9 cm³/mol. The molecule has 1 aliphatic rings. The van der Waals surface area contributed by atoms with Gasteiger partial charge in [-0.2, -0.15) is 0 Å². The van der Waals surface area contributed by atoms with Gasteiger partial charge in [0.05, 0.1) is 12.7 Å². The molecule has 0 bridgehead atoms. The van der Waals surface area contributed by atoms with Gasteiger partial charge >= 0.3 is 5.97 Å². The van der Waals surface area contributed by atoms with Crippen LogP contribution in [0.2, 0.25) is 0 Å². The second-order valence-electron chi connectivity index (χ2n) is 5.18. The van der Waals surface area contributed by atoms with E-state index in [9.17, 15) is 4.79 Å². The summed E-state index contributed by atoms with van der Waals surface area (Å²) >= 11 is 0. The van der Waals surface area contributed by atoms with E-state index >= 15 is 0 Å². The van der Waals surface area contributed by atoms with Crippen LogP contribution in [-0.2, 0) is 11.3 Å². The summed E-state index contributed by atoms with van der Waals surface area (Å²) in [4.78, 5) is 11.3. The van der Waals surface area contributed by atoms with Gasteiger partial charge in [-0.05, 0) is 43.4 Å². The van der Waals surface area contributed by atoms with Gasteiger partial charge in [-0.25, -0.2) is 4.79 Å². The molecule has 1 fully saturated rings. The lowest BCUT2D eigenvalue weighted by Gasteiger charge is -2.27. The molecule has 1 aromatic rings. The topological polar surface area (TPSA) is 64.3 Å². The van der Waals surface area contributed by atoms with Crippen LogP contribution in [0.4, 0.5) is 0 Å². The number of carbonyl (C=O) groups is 1. The van der Waals surface area contributed by atoms with Gasteiger partial charge in [0.25, 0.3) is 0 Å². The Labute approximate surface area is 114 Å². The molecule has 2 rings (SSSR count). The maximum absolute atomic E-state index is 11.3. The van der Waals surface area contributed by atoms with Crippen molar-refractivity contribution in [2.75, 3.05) is 7.11 Å². The molecule has 0 atom stereocenters. The molecule has 3 N–H and O–H groups in total. The molecule has 0 heterocycles. The van der Waals surface area contributed by atoms with Gasteiger partial charge in [-0.1, -0.05) is 12.1 Å². The summed E-state index contributed by atoms with van der Waals surface area (Å²) in [5, 5.41) is 3.55. The number of nitrogens with one attached hydrogen (secondary N) is 1. The van der Waals surface area contributed by atoms with E-state index in [1.54, 1.807) is 12.1 Å². The molecule has 4 nitrogen and oxygen atoms in total. The van der Waals surface area contributed by atoms with Crippen molar-refractivity contribution in [2.45, 2.75) is 44.3 Å². The van der Waals surface area contributed by atoms with Gasteiger partial charge in [0.2, 0.25) is 0 Å². The third-order valence-corrected chi connectivity index (χ3v) is 3.74. The van der Waals surface area contributed by atoms with Gasteiger partial charge in [0.1, 0.15) is 0 Å². The SMILES string of the molecule is COC(=O)c1ccc(CNC2CCC(N)CC2)cc1. The molecule has 104 valence electrons. The van der Waals surface area contributed by atoms with E-state index in [1.807, 2.05) is 12.1 Å². The fourth-order valence-electron chi connectivity index (χ4n) is 2.46. The van der Waals surface area contributed by atoms with E-state index in [0.29, 0.717) is 17.6 Å². The number of esters is 1. The summed E-state index contributed by atoms with van der Waals surface area (Å²) in [7, 11) is 1.39. The third kappa shape index (κ3) is 4.04. The van der Waals surface area contributed by atoms with Crippen molar-refractivity contribution in [1.29, 1.82) is 0 Å². The van der Waals surface area contributed by atoms with Gasteiger partial charge in [0.15, 0.2) is 0 Å². The summed E-state index contributed by atoms with van der Waals surface area (Å²) in [5.74, 6) is -0.291. The molecule has 1 aromatic carbocycles. The fourth-order valence-corrected chi connectivity index (χ4v) is 2.46. The Morgan fingerprint density at radius 2 is 1.89 bits per heavy atom. The molecule has 0 aromatic heterocycles. The number of benzene rings is 1. The van der Waals surface area contributed by atoms with Crippen molar-refractivity contribution in [1.82, 2.24) is 5.32 Å². The first kappa shape index (κ1) is 14.0. The van der Waals surface area contributed by atoms with Crippen molar-refractivity contribution >= 4 is 5.97 Å². The van der Waals surface area contributed by atoms with Crippen molar-refractivity contribution < 1.29 is 9.53 Å². The predicted octanol–water partition coefficient (Wildman–Crippen LogP) is 1.83. The lowest BCUT2D eigenvalue weighted by molar-refractivity contribution is 0.0600. The third-order valence-electron chi connectivity index (χ3n) is 3.74. The van der Waals surface area contributed by atoms with Crippen LogP contribution in [0.5, 0.6) is 0 Å². The Morgan fingerprint density at radius 3 is 2.47 bits per heavy atom. The van der Waals surface area contributed by atoms with Crippen LogP contribution in [-0.4, -0.2) is 25.2 Å². The number of nitrogens with two attached hydrogens (primary N) is 1. The van der Waals surface area contributed by atoms with E-state index in [-0.39, 0.29) is 5.97 Å². The van der Waals surface area contributed by atoms with Crippen LogP contribution in [0.25, 0.3) is 0 Å². The minimum absolute atomic E-state index is 0.291. The Morgan fingerprint density at radius 1 is 1.26 bits per heavy atom. The average Bonchev–Trinajstić information content (AvgIpc) is 2.46. The maximum Gasteiger partial charge on any atom is 0.337 e. The number of methoxy groups -OCH3 is 1. The number of carbonyl (C=O) groups excluding carboxylic acids is 1. The van der Waals surface area contributed by atoms with Crippen LogP contribution >= 0.6 is 0 Å². The van der Waals surface area contributed by atoms with Crippen molar-refractivity contribution in [3.05, 3.63) is 35.4 Å². The van der Waals surface area contributed by atoms with Crippen molar-refractivity contribution in [2.24, 2.45) is 5.73 Å². The minimum Gasteiger partial charge on any atom is -0.465 e. The highest BCUT2D eigenvalue weighted by molar-refractivity contribution is 5.89. The molecule has 0 spiro atoms. The van der Waals surface area contributed by atoms with E-state index in [1.165, 1.54) is 12.7 Å². The van der Waals surface area contributed by atoms with E-state index < -0.39 is 0 Å². The zero-order valence-corrected chi connectivity index (χ0v) is 11.4. The van der Waals surface area contributed by atoms with E-state index in [2.05, 4.69) is 10.1 Å². The maximum atomic E-state index is 11.3. The smallest absolute Gasteiger partial charge is 0.337 e. The molecule has 0 radical (unpaired) electrons. The molecule has 0 unspecified atom stereocenters. The molecule has 19 heavy (non-hydrogen) atoms. The molecule has 0 aliphatic heterocycles. The molecular formula is C15H22N2O2. The van der Waals surface area contributed by atoms with Gasteiger partial charge in [-0.3, -0.25) is 0 Å². The highest BCUT2D eigenvalue weighted by atomic mass is 16.5.